The molecule has 104 valence electrons. The fourth-order valence-electron chi connectivity index (χ4n) is 3.69. The van der Waals surface area contributed by atoms with Gasteiger partial charge in [0.1, 0.15) is 0 Å². The van der Waals surface area contributed by atoms with E-state index in [0.29, 0.717) is 0 Å². The van der Waals surface area contributed by atoms with Crippen molar-refractivity contribution in [1.82, 2.24) is 0 Å². The first kappa shape index (κ1) is 13.3. The molecular weight excluding hydrogens is 256 g/mol. The third-order valence-corrected chi connectivity index (χ3v) is 5.12. The van der Waals surface area contributed by atoms with Gasteiger partial charge in [0.25, 0.3) is 0 Å². The Morgan fingerprint density at radius 1 is 1.11 bits per heavy atom. The quantitative estimate of drug-likeness (QED) is 0.872. The summed E-state index contributed by atoms with van der Waals surface area (Å²) in [6, 6.07) is 9.21. The maximum atomic E-state index is 5.95. The molecule has 1 N–H and O–H groups in total. The number of hydrogen-bond acceptors (Lipinski definition) is 1. The highest BCUT2D eigenvalue weighted by Gasteiger charge is 2.32. The first-order valence-electron chi connectivity index (χ1n) is 7.57. The molecule has 1 heterocycles. The van der Waals surface area contributed by atoms with Crippen molar-refractivity contribution in [2.24, 2.45) is 5.92 Å². The Kier molecular flexibility index (Phi) is 3.99. The molecule has 1 saturated carbocycles. The van der Waals surface area contributed by atoms with Crippen LogP contribution < -0.4 is 9.80 Å². The van der Waals surface area contributed by atoms with Gasteiger partial charge in [-0.25, -0.2) is 0 Å². The minimum atomic E-state index is 0.827. The lowest BCUT2D eigenvalue weighted by molar-refractivity contribution is -0.925. The van der Waals surface area contributed by atoms with E-state index in [1.807, 2.05) is 17.0 Å². The lowest BCUT2D eigenvalue weighted by Crippen LogP contribution is -3.18. The lowest BCUT2D eigenvalue weighted by atomic mass is 10.1. The molecule has 0 unspecified atom stereocenters. The molecule has 1 aromatic carbocycles. The standard InChI is InChI=1S/C16H23ClN2/c1-13-2-5-16(12-13)19-10-8-18(9-11-19)15-6-3-14(17)4-7-15/h3-4,6-7,13,16H,2,5,8-12H2,1H3/p+1/t13-,16+/m1/s1. The summed E-state index contributed by atoms with van der Waals surface area (Å²) in [4.78, 5) is 4.34. The summed E-state index contributed by atoms with van der Waals surface area (Å²) in [6.45, 7) is 7.35. The van der Waals surface area contributed by atoms with Crippen LogP contribution in [0.1, 0.15) is 26.2 Å². The summed E-state index contributed by atoms with van der Waals surface area (Å²) in [5, 5.41) is 0.827. The van der Waals surface area contributed by atoms with Gasteiger partial charge >= 0.3 is 0 Å². The Hall–Kier alpha value is -0.730. The van der Waals surface area contributed by atoms with Crippen LogP contribution in [0.15, 0.2) is 24.3 Å². The minimum absolute atomic E-state index is 0.827. The Morgan fingerprint density at radius 2 is 1.79 bits per heavy atom. The zero-order valence-corrected chi connectivity index (χ0v) is 12.5. The minimum Gasteiger partial charge on any atom is -0.360 e. The van der Waals surface area contributed by atoms with Gasteiger partial charge in [0.05, 0.1) is 32.2 Å². The van der Waals surface area contributed by atoms with Crippen LogP contribution in [0.25, 0.3) is 0 Å². The molecule has 0 aromatic heterocycles. The van der Waals surface area contributed by atoms with Crippen LogP contribution >= 0.6 is 11.6 Å². The van der Waals surface area contributed by atoms with Gasteiger partial charge in [-0.3, -0.25) is 0 Å². The molecule has 1 aliphatic carbocycles. The maximum absolute atomic E-state index is 5.95. The Balaban J connectivity index is 1.56. The molecule has 3 heteroatoms. The third kappa shape index (κ3) is 3.06. The van der Waals surface area contributed by atoms with Crippen LogP contribution in [0.4, 0.5) is 5.69 Å². The van der Waals surface area contributed by atoms with Crippen LogP contribution in [-0.4, -0.2) is 32.2 Å². The molecule has 2 fully saturated rings. The van der Waals surface area contributed by atoms with Gasteiger partial charge in [-0.15, -0.1) is 0 Å². The number of halogens is 1. The number of piperazine rings is 1. The van der Waals surface area contributed by atoms with Crippen LogP contribution in [-0.2, 0) is 0 Å². The van der Waals surface area contributed by atoms with Gasteiger partial charge in [-0.1, -0.05) is 18.5 Å². The van der Waals surface area contributed by atoms with Crippen molar-refractivity contribution in [2.75, 3.05) is 31.1 Å². The highest BCUT2D eigenvalue weighted by Crippen LogP contribution is 2.23. The fourth-order valence-corrected chi connectivity index (χ4v) is 3.82. The van der Waals surface area contributed by atoms with Crippen LogP contribution in [0.2, 0.25) is 5.02 Å². The predicted molar refractivity (Wildman–Crippen MR) is 81.2 cm³/mol. The average Bonchev–Trinajstić information content (AvgIpc) is 2.87. The number of anilines is 1. The number of hydrogen-bond donors (Lipinski definition) is 1. The molecule has 2 aliphatic rings. The molecule has 3 rings (SSSR count). The molecule has 0 radical (unpaired) electrons. The van der Waals surface area contributed by atoms with Crippen molar-refractivity contribution in [3.63, 3.8) is 0 Å². The summed E-state index contributed by atoms with van der Waals surface area (Å²) < 4.78 is 0. The van der Waals surface area contributed by atoms with Crippen molar-refractivity contribution < 1.29 is 4.90 Å². The van der Waals surface area contributed by atoms with Crippen molar-refractivity contribution in [1.29, 1.82) is 0 Å². The number of benzene rings is 1. The SMILES string of the molecule is C[C@@H]1CC[C@H]([NH+]2CCN(c3ccc(Cl)cc3)CC2)C1. The molecule has 0 bridgehead atoms. The number of rotatable bonds is 2. The number of nitrogens with one attached hydrogen (secondary N) is 1. The van der Waals surface area contributed by atoms with Gasteiger partial charge in [-0.2, -0.15) is 0 Å². The fraction of sp³-hybridized carbons (Fsp3) is 0.625. The number of quaternary nitrogens is 1. The first-order valence-corrected chi connectivity index (χ1v) is 7.95. The average molecular weight is 280 g/mol. The highest BCUT2D eigenvalue weighted by atomic mass is 35.5. The first-order chi connectivity index (χ1) is 9.22. The molecular formula is C16H24ClN2+. The van der Waals surface area contributed by atoms with Crippen LogP contribution in [0.5, 0.6) is 0 Å². The molecule has 1 aromatic rings. The molecule has 0 spiro atoms. The summed E-state index contributed by atoms with van der Waals surface area (Å²) >= 11 is 5.95. The second-order valence-electron chi connectivity index (χ2n) is 6.24. The summed E-state index contributed by atoms with van der Waals surface area (Å²) in [7, 11) is 0. The second kappa shape index (κ2) is 5.72. The van der Waals surface area contributed by atoms with E-state index >= 15 is 0 Å². The van der Waals surface area contributed by atoms with Gasteiger partial charge in [0.2, 0.25) is 0 Å². The van der Waals surface area contributed by atoms with E-state index in [-0.39, 0.29) is 0 Å². The van der Waals surface area contributed by atoms with E-state index in [1.165, 1.54) is 51.1 Å². The van der Waals surface area contributed by atoms with Gasteiger partial charge in [0, 0.05) is 17.1 Å². The molecule has 2 atom stereocenters. The lowest BCUT2D eigenvalue weighted by Gasteiger charge is -2.36. The molecule has 19 heavy (non-hydrogen) atoms. The third-order valence-electron chi connectivity index (χ3n) is 4.87. The zero-order chi connectivity index (χ0) is 13.2. The van der Waals surface area contributed by atoms with E-state index in [9.17, 15) is 0 Å². The summed E-state index contributed by atoms with van der Waals surface area (Å²) in [5.74, 6) is 0.951. The van der Waals surface area contributed by atoms with Gasteiger partial charge in [-0.05, 0) is 43.0 Å². The topological polar surface area (TPSA) is 7.68 Å². The zero-order valence-electron chi connectivity index (χ0n) is 11.7. The predicted octanol–water partition coefficient (Wildman–Crippen LogP) is 2.23. The summed E-state index contributed by atoms with van der Waals surface area (Å²) in [5.41, 5.74) is 1.32. The smallest absolute Gasteiger partial charge is 0.0951 e. The second-order valence-corrected chi connectivity index (χ2v) is 6.67. The van der Waals surface area contributed by atoms with E-state index in [1.54, 1.807) is 0 Å². The van der Waals surface area contributed by atoms with Crippen molar-refractivity contribution in [3.05, 3.63) is 29.3 Å². The van der Waals surface area contributed by atoms with E-state index in [4.69, 9.17) is 11.6 Å². The molecule has 0 amide bonds. The van der Waals surface area contributed by atoms with E-state index in [2.05, 4.69) is 24.0 Å². The maximum Gasteiger partial charge on any atom is 0.0951 e. The van der Waals surface area contributed by atoms with Gasteiger partial charge in [0.15, 0.2) is 0 Å². The number of nitrogens with zero attached hydrogens (tertiary/aromatic N) is 1. The van der Waals surface area contributed by atoms with Gasteiger partial charge < -0.3 is 9.80 Å². The van der Waals surface area contributed by atoms with Crippen molar-refractivity contribution in [2.45, 2.75) is 32.2 Å². The molecule has 2 nitrogen and oxygen atoms in total. The van der Waals surface area contributed by atoms with Crippen LogP contribution in [0.3, 0.4) is 0 Å². The van der Waals surface area contributed by atoms with E-state index in [0.717, 1.165) is 17.0 Å². The molecule has 1 aliphatic heterocycles. The highest BCUT2D eigenvalue weighted by molar-refractivity contribution is 6.30. The largest absolute Gasteiger partial charge is 0.360 e. The van der Waals surface area contributed by atoms with Crippen LogP contribution in [0, 0.1) is 5.92 Å². The van der Waals surface area contributed by atoms with E-state index < -0.39 is 0 Å². The Labute approximate surface area is 121 Å². The van der Waals surface area contributed by atoms with Crippen molar-refractivity contribution in [3.8, 4) is 0 Å². The van der Waals surface area contributed by atoms with Crippen molar-refractivity contribution >= 4 is 17.3 Å². The normalized spacial score (nSPS) is 28.8. The monoisotopic (exact) mass is 279 g/mol. The summed E-state index contributed by atoms with van der Waals surface area (Å²) in [6.07, 6.45) is 4.32. The Morgan fingerprint density at radius 3 is 2.37 bits per heavy atom. The molecule has 1 saturated heterocycles. The Bertz CT molecular complexity index is 409.